The highest BCUT2D eigenvalue weighted by Gasteiger charge is 2.26. The molecule has 0 bridgehead atoms. The fraction of sp³-hybridized carbons (Fsp3) is 0.611. The van der Waals surface area contributed by atoms with Gasteiger partial charge in [0, 0.05) is 20.6 Å². The lowest BCUT2D eigenvalue weighted by Gasteiger charge is -2.28. The first-order valence-corrected chi connectivity index (χ1v) is 7.66. The summed E-state index contributed by atoms with van der Waals surface area (Å²) in [4.78, 5) is 11.8. The molecule has 0 aliphatic heterocycles. The van der Waals surface area contributed by atoms with Gasteiger partial charge in [-0.3, -0.25) is 4.79 Å². The fourth-order valence-electron chi connectivity index (χ4n) is 2.14. The smallest absolute Gasteiger partial charge is 0.155 e. The Kier molecular flexibility index (Phi) is 12.7. The van der Waals surface area contributed by atoms with Gasteiger partial charge in [0.1, 0.15) is 12.9 Å². The molecular formula is C18H30O4. The number of carbonyl (C=O) groups is 1. The minimum absolute atomic E-state index is 0.133. The lowest BCUT2D eigenvalue weighted by molar-refractivity contribution is -0.129. The van der Waals surface area contributed by atoms with Crippen LogP contribution in [0.4, 0.5) is 0 Å². The molecule has 0 fully saturated rings. The van der Waals surface area contributed by atoms with E-state index < -0.39 is 0 Å². The Bertz CT molecular complexity index is 349. The number of ketones is 1. The van der Waals surface area contributed by atoms with Crippen LogP contribution in [0.25, 0.3) is 0 Å². The first kappa shape index (κ1) is 20.8. The number of carbonyl (C=O) groups excluding carboxylic acids is 1. The average molecular weight is 310 g/mol. The average Bonchev–Trinajstić information content (AvgIpc) is 2.53. The monoisotopic (exact) mass is 310 g/mol. The molecule has 0 unspecified atom stereocenters. The van der Waals surface area contributed by atoms with Crippen molar-refractivity contribution in [3.8, 4) is 0 Å². The van der Waals surface area contributed by atoms with Gasteiger partial charge in [0.25, 0.3) is 0 Å². The Labute approximate surface area is 134 Å². The van der Waals surface area contributed by atoms with E-state index in [1.54, 1.807) is 26.4 Å². The molecule has 0 saturated carbocycles. The maximum atomic E-state index is 11.8. The first-order valence-electron chi connectivity index (χ1n) is 7.66. The second-order valence-electron chi connectivity index (χ2n) is 5.22. The molecule has 0 spiro atoms. The second-order valence-corrected chi connectivity index (χ2v) is 5.22. The summed E-state index contributed by atoms with van der Waals surface area (Å²) in [7, 11) is 3.20. The molecule has 0 amide bonds. The molecule has 126 valence electrons. The Morgan fingerprint density at radius 1 is 1.23 bits per heavy atom. The molecule has 0 saturated heterocycles. The van der Waals surface area contributed by atoms with Crippen LogP contribution in [-0.2, 0) is 19.0 Å². The summed E-state index contributed by atoms with van der Waals surface area (Å²) in [6, 6.07) is 0. The van der Waals surface area contributed by atoms with E-state index in [1.165, 1.54) is 0 Å². The molecule has 4 nitrogen and oxygen atoms in total. The molecule has 0 aliphatic carbocycles. The minimum atomic E-state index is -0.219. The number of unbranched alkanes of at least 4 members (excludes halogenated alkanes) is 1. The molecule has 22 heavy (non-hydrogen) atoms. The van der Waals surface area contributed by atoms with Crippen molar-refractivity contribution in [3.05, 3.63) is 37.5 Å². The van der Waals surface area contributed by atoms with Gasteiger partial charge in [-0.2, -0.15) is 0 Å². The van der Waals surface area contributed by atoms with Crippen LogP contribution in [0.2, 0.25) is 0 Å². The Morgan fingerprint density at radius 3 is 2.50 bits per heavy atom. The summed E-state index contributed by atoms with van der Waals surface area (Å²) in [6.45, 7) is 9.65. The van der Waals surface area contributed by atoms with Crippen LogP contribution >= 0.6 is 0 Å². The third kappa shape index (κ3) is 8.93. The van der Waals surface area contributed by atoms with Gasteiger partial charge in [-0.1, -0.05) is 25.2 Å². The molecule has 0 aromatic heterocycles. The van der Waals surface area contributed by atoms with Gasteiger partial charge in [-0.15, -0.1) is 13.2 Å². The zero-order valence-electron chi connectivity index (χ0n) is 14.1. The van der Waals surface area contributed by atoms with Gasteiger partial charge >= 0.3 is 0 Å². The van der Waals surface area contributed by atoms with E-state index in [4.69, 9.17) is 14.2 Å². The summed E-state index contributed by atoms with van der Waals surface area (Å²) in [5.41, 5.74) is 0. The molecule has 0 N–H and O–H groups in total. The highest BCUT2D eigenvalue weighted by atomic mass is 16.7. The summed E-state index contributed by atoms with van der Waals surface area (Å²) in [5, 5.41) is 0. The van der Waals surface area contributed by atoms with E-state index in [9.17, 15) is 4.79 Å². The van der Waals surface area contributed by atoms with E-state index in [0.29, 0.717) is 6.42 Å². The first-order chi connectivity index (χ1) is 10.6. The number of allylic oxidation sites excluding steroid dienone is 3. The summed E-state index contributed by atoms with van der Waals surface area (Å²) < 4.78 is 16.0. The molecular weight excluding hydrogens is 280 g/mol. The third-order valence-electron chi connectivity index (χ3n) is 3.45. The van der Waals surface area contributed by atoms with Crippen molar-refractivity contribution in [2.45, 2.75) is 44.8 Å². The van der Waals surface area contributed by atoms with Gasteiger partial charge in [0.2, 0.25) is 0 Å². The van der Waals surface area contributed by atoms with Crippen molar-refractivity contribution in [1.82, 2.24) is 0 Å². The van der Waals surface area contributed by atoms with Crippen molar-refractivity contribution < 1.29 is 19.0 Å². The lowest BCUT2D eigenvalue weighted by atomic mass is 9.93. The minimum Gasteiger partial charge on any atom is -0.375 e. The van der Waals surface area contributed by atoms with Gasteiger partial charge in [0.05, 0.1) is 6.10 Å². The topological polar surface area (TPSA) is 44.8 Å². The summed E-state index contributed by atoms with van der Waals surface area (Å²) in [6.07, 6.45) is 9.68. The molecule has 0 radical (unpaired) electrons. The van der Waals surface area contributed by atoms with Gasteiger partial charge < -0.3 is 14.2 Å². The summed E-state index contributed by atoms with van der Waals surface area (Å²) in [5.74, 6) is 0.289. The lowest BCUT2D eigenvalue weighted by Crippen LogP contribution is -2.35. The van der Waals surface area contributed by atoms with Crippen molar-refractivity contribution in [3.63, 3.8) is 0 Å². The predicted molar refractivity (Wildman–Crippen MR) is 89.7 cm³/mol. The summed E-state index contributed by atoms with van der Waals surface area (Å²) >= 11 is 0. The SMILES string of the molecule is C=CCC/C=C/C(=O)CC[C@@H](C)[C@H](OCOC)[C@H](C=C)OC. The Balaban J connectivity index is 4.39. The standard InChI is InChI=1S/C18H30O4/c1-6-8-9-10-11-16(19)13-12-15(3)18(22-14-20-4)17(7-2)21-5/h6-7,10-11,15,17-18H,1-2,8-9,12-14H2,3-5H3/b11-10+/t15-,17+,18+/m1/s1. The van der Waals surface area contributed by atoms with Crippen LogP contribution in [0, 0.1) is 5.92 Å². The normalized spacial score (nSPS) is 15.4. The Morgan fingerprint density at radius 2 is 1.95 bits per heavy atom. The highest BCUT2D eigenvalue weighted by Crippen LogP contribution is 2.20. The molecule has 3 atom stereocenters. The molecule has 0 rings (SSSR count). The van der Waals surface area contributed by atoms with Crippen LogP contribution in [0.3, 0.4) is 0 Å². The van der Waals surface area contributed by atoms with Gasteiger partial charge in [-0.25, -0.2) is 0 Å². The maximum absolute atomic E-state index is 11.8. The fourth-order valence-corrected chi connectivity index (χ4v) is 2.14. The van der Waals surface area contributed by atoms with Crippen molar-refractivity contribution >= 4 is 5.78 Å². The predicted octanol–water partition coefficient (Wildman–Crippen LogP) is 3.68. The van der Waals surface area contributed by atoms with E-state index >= 15 is 0 Å². The molecule has 0 heterocycles. The van der Waals surface area contributed by atoms with Crippen molar-refractivity contribution in [2.24, 2.45) is 5.92 Å². The number of rotatable bonds is 14. The highest BCUT2D eigenvalue weighted by molar-refractivity contribution is 5.89. The van der Waals surface area contributed by atoms with Crippen molar-refractivity contribution in [1.29, 1.82) is 0 Å². The van der Waals surface area contributed by atoms with Crippen LogP contribution in [0.1, 0.15) is 32.6 Å². The van der Waals surface area contributed by atoms with E-state index in [2.05, 4.69) is 13.2 Å². The van der Waals surface area contributed by atoms with E-state index in [-0.39, 0.29) is 30.7 Å². The zero-order valence-corrected chi connectivity index (χ0v) is 14.1. The van der Waals surface area contributed by atoms with Crippen molar-refractivity contribution in [2.75, 3.05) is 21.0 Å². The largest absolute Gasteiger partial charge is 0.375 e. The number of hydrogen-bond donors (Lipinski definition) is 0. The third-order valence-corrected chi connectivity index (χ3v) is 3.45. The Hall–Kier alpha value is -1.23. The quantitative estimate of drug-likeness (QED) is 0.212. The van der Waals surface area contributed by atoms with Gasteiger partial charge in [-0.05, 0) is 31.3 Å². The van der Waals surface area contributed by atoms with Crippen LogP contribution in [0.15, 0.2) is 37.5 Å². The number of methoxy groups -OCH3 is 2. The molecule has 4 heteroatoms. The number of ether oxygens (including phenoxy) is 3. The van der Waals surface area contributed by atoms with E-state index in [1.807, 2.05) is 19.1 Å². The maximum Gasteiger partial charge on any atom is 0.155 e. The second kappa shape index (κ2) is 13.4. The zero-order chi connectivity index (χ0) is 16.8. The molecule has 0 aromatic rings. The van der Waals surface area contributed by atoms with Crippen LogP contribution in [0.5, 0.6) is 0 Å². The van der Waals surface area contributed by atoms with Crippen LogP contribution < -0.4 is 0 Å². The number of hydrogen-bond acceptors (Lipinski definition) is 4. The molecule has 0 aromatic carbocycles. The van der Waals surface area contributed by atoms with Gasteiger partial charge in [0.15, 0.2) is 5.78 Å². The van der Waals surface area contributed by atoms with Crippen LogP contribution in [-0.4, -0.2) is 39.0 Å². The van der Waals surface area contributed by atoms with E-state index in [0.717, 1.165) is 19.3 Å². The molecule has 0 aliphatic rings.